The lowest BCUT2D eigenvalue weighted by Crippen LogP contribution is -2.04. The summed E-state index contributed by atoms with van der Waals surface area (Å²) in [6.45, 7) is 16.1. The van der Waals surface area contributed by atoms with Gasteiger partial charge >= 0.3 is 0 Å². The molecule has 0 N–H and O–H groups in total. The van der Waals surface area contributed by atoms with Gasteiger partial charge in [0.05, 0.1) is 0 Å². The lowest BCUT2D eigenvalue weighted by Gasteiger charge is -2.16. The van der Waals surface area contributed by atoms with E-state index in [9.17, 15) is 0 Å². The standard InChI is InChI=1S/C24H50O/c1-7-8-19-25-20-18-24(6)17-11-16-23(5)15-10-14-22(4)13-9-12-21(2)3/h21-24H,7-20H2,1-6H3. The van der Waals surface area contributed by atoms with Gasteiger partial charge < -0.3 is 4.74 Å². The third-order valence-electron chi connectivity index (χ3n) is 5.66. The zero-order chi connectivity index (χ0) is 18.9. The first-order chi connectivity index (χ1) is 12.0. The molecule has 0 aromatic heterocycles. The molecule has 0 spiro atoms. The molecular weight excluding hydrogens is 304 g/mol. The molecule has 0 aliphatic carbocycles. The molecule has 0 aromatic carbocycles. The van der Waals surface area contributed by atoms with Gasteiger partial charge in [-0.1, -0.05) is 106 Å². The maximum Gasteiger partial charge on any atom is 0.0468 e. The van der Waals surface area contributed by atoms with Gasteiger partial charge in [-0.2, -0.15) is 0 Å². The van der Waals surface area contributed by atoms with Crippen molar-refractivity contribution in [1.82, 2.24) is 0 Å². The van der Waals surface area contributed by atoms with E-state index >= 15 is 0 Å². The molecule has 25 heavy (non-hydrogen) atoms. The van der Waals surface area contributed by atoms with Crippen LogP contribution in [-0.2, 0) is 4.74 Å². The highest BCUT2D eigenvalue weighted by molar-refractivity contribution is 4.61. The Balaban J connectivity index is 3.46. The molecule has 0 amide bonds. The Labute approximate surface area is 160 Å². The first-order valence-electron chi connectivity index (χ1n) is 11.5. The van der Waals surface area contributed by atoms with Crippen LogP contribution in [0.4, 0.5) is 0 Å². The summed E-state index contributed by atoms with van der Waals surface area (Å²) in [4.78, 5) is 0. The summed E-state index contributed by atoms with van der Waals surface area (Å²) in [6, 6.07) is 0. The van der Waals surface area contributed by atoms with Gasteiger partial charge in [-0.05, 0) is 36.5 Å². The van der Waals surface area contributed by atoms with E-state index in [-0.39, 0.29) is 0 Å². The summed E-state index contributed by atoms with van der Waals surface area (Å²) in [7, 11) is 0. The average Bonchev–Trinajstić information content (AvgIpc) is 2.54. The van der Waals surface area contributed by atoms with E-state index in [2.05, 4.69) is 41.5 Å². The Hall–Kier alpha value is -0.0400. The molecule has 0 aromatic rings. The molecule has 3 atom stereocenters. The fourth-order valence-electron chi connectivity index (χ4n) is 3.57. The lowest BCUT2D eigenvalue weighted by molar-refractivity contribution is 0.117. The third-order valence-corrected chi connectivity index (χ3v) is 5.66. The minimum atomic E-state index is 0.829. The number of unbranched alkanes of at least 4 members (excludes halogenated alkanes) is 1. The van der Waals surface area contributed by atoms with Crippen LogP contribution in [-0.4, -0.2) is 13.2 Å². The molecule has 0 fully saturated rings. The maximum absolute atomic E-state index is 5.69. The van der Waals surface area contributed by atoms with Crippen molar-refractivity contribution < 1.29 is 4.74 Å². The number of hydrogen-bond donors (Lipinski definition) is 0. The minimum Gasteiger partial charge on any atom is -0.381 e. The summed E-state index contributed by atoms with van der Waals surface area (Å²) in [5.74, 6) is 3.54. The third kappa shape index (κ3) is 18.5. The Kier molecular flexibility index (Phi) is 17.3. The second-order valence-corrected chi connectivity index (χ2v) is 9.26. The molecule has 0 heterocycles. The molecular formula is C24H50O. The fourth-order valence-corrected chi connectivity index (χ4v) is 3.57. The van der Waals surface area contributed by atoms with Crippen LogP contribution >= 0.6 is 0 Å². The van der Waals surface area contributed by atoms with Crippen LogP contribution in [0.5, 0.6) is 0 Å². The zero-order valence-corrected chi connectivity index (χ0v) is 18.6. The van der Waals surface area contributed by atoms with E-state index in [1.54, 1.807) is 0 Å². The van der Waals surface area contributed by atoms with E-state index in [0.717, 1.165) is 36.9 Å². The van der Waals surface area contributed by atoms with Crippen LogP contribution in [0.25, 0.3) is 0 Å². The highest BCUT2D eigenvalue weighted by atomic mass is 16.5. The van der Waals surface area contributed by atoms with E-state index < -0.39 is 0 Å². The second-order valence-electron chi connectivity index (χ2n) is 9.26. The van der Waals surface area contributed by atoms with Crippen molar-refractivity contribution in [1.29, 1.82) is 0 Å². The zero-order valence-electron chi connectivity index (χ0n) is 18.6. The Morgan fingerprint density at radius 2 is 0.960 bits per heavy atom. The Morgan fingerprint density at radius 1 is 0.520 bits per heavy atom. The van der Waals surface area contributed by atoms with Crippen molar-refractivity contribution in [2.75, 3.05) is 13.2 Å². The maximum atomic E-state index is 5.69. The number of rotatable bonds is 18. The molecule has 152 valence electrons. The van der Waals surface area contributed by atoms with Gasteiger partial charge in [-0.15, -0.1) is 0 Å². The summed E-state index contributed by atoms with van der Waals surface area (Å²) in [6.07, 6.45) is 16.5. The highest BCUT2D eigenvalue weighted by Gasteiger charge is 2.08. The van der Waals surface area contributed by atoms with Crippen LogP contribution in [0.2, 0.25) is 0 Å². The van der Waals surface area contributed by atoms with Gasteiger partial charge in [0.1, 0.15) is 0 Å². The van der Waals surface area contributed by atoms with Crippen molar-refractivity contribution in [3.63, 3.8) is 0 Å². The minimum absolute atomic E-state index is 0.829. The quantitative estimate of drug-likeness (QED) is 0.225. The van der Waals surface area contributed by atoms with Gasteiger partial charge in [0.15, 0.2) is 0 Å². The molecule has 1 nitrogen and oxygen atoms in total. The monoisotopic (exact) mass is 354 g/mol. The molecule has 0 rings (SSSR count). The molecule has 3 unspecified atom stereocenters. The van der Waals surface area contributed by atoms with E-state index in [1.807, 2.05) is 0 Å². The molecule has 0 saturated carbocycles. The van der Waals surface area contributed by atoms with Crippen molar-refractivity contribution in [2.24, 2.45) is 23.7 Å². The van der Waals surface area contributed by atoms with Gasteiger partial charge in [0, 0.05) is 13.2 Å². The first kappa shape index (κ1) is 25.0. The second kappa shape index (κ2) is 17.4. The van der Waals surface area contributed by atoms with Gasteiger partial charge in [-0.3, -0.25) is 0 Å². The van der Waals surface area contributed by atoms with Crippen molar-refractivity contribution in [3.05, 3.63) is 0 Å². The topological polar surface area (TPSA) is 9.23 Å². The number of ether oxygens (including phenoxy) is 1. The van der Waals surface area contributed by atoms with E-state index in [1.165, 1.54) is 77.0 Å². The lowest BCUT2D eigenvalue weighted by atomic mass is 9.91. The predicted octanol–water partition coefficient (Wildman–Crippen LogP) is 8.27. The van der Waals surface area contributed by atoms with E-state index in [0.29, 0.717) is 0 Å². The summed E-state index contributed by atoms with van der Waals surface area (Å²) in [5.41, 5.74) is 0. The van der Waals surface area contributed by atoms with Crippen LogP contribution in [0, 0.1) is 23.7 Å². The van der Waals surface area contributed by atoms with Gasteiger partial charge in [0.2, 0.25) is 0 Å². The first-order valence-corrected chi connectivity index (χ1v) is 11.5. The summed E-state index contributed by atoms with van der Waals surface area (Å²) < 4.78 is 5.69. The van der Waals surface area contributed by atoms with Gasteiger partial charge in [-0.25, -0.2) is 0 Å². The summed E-state index contributed by atoms with van der Waals surface area (Å²) in [5, 5.41) is 0. The Bertz CT molecular complexity index is 261. The average molecular weight is 355 g/mol. The SMILES string of the molecule is CCCCOCCC(C)CCCC(C)CCCC(C)CCCC(C)C. The largest absolute Gasteiger partial charge is 0.381 e. The van der Waals surface area contributed by atoms with Crippen molar-refractivity contribution in [2.45, 2.75) is 119 Å². The molecule has 0 radical (unpaired) electrons. The summed E-state index contributed by atoms with van der Waals surface area (Å²) >= 11 is 0. The number of hydrogen-bond acceptors (Lipinski definition) is 1. The van der Waals surface area contributed by atoms with Crippen molar-refractivity contribution in [3.8, 4) is 0 Å². The van der Waals surface area contributed by atoms with Crippen molar-refractivity contribution >= 4 is 0 Å². The Morgan fingerprint density at radius 3 is 1.40 bits per heavy atom. The normalized spacial score (nSPS) is 15.5. The molecule has 0 aliphatic rings. The van der Waals surface area contributed by atoms with Crippen LogP contribution in [0.3, 0.4) is 0 Å². The molecule has 1 heteroatoms. The predicted molar refractivity (Wildman–Crippen MR) is 114 cm³/mol. The van der Waals surface area contributed by atoms with Crippen LogP contribution in [0.1, 0.15) is 119 Å². The van der Waals surface area contributed by atoms with E-state index in [4.69, 9.17) is 4.74 Å². The van der Waals surface area contributed by atoms with Crippen LogP contribution < -0.4 is 0 Å². The smallest absolute Gasteiger partial charge is 0.0468 e. The fraction of sp³-hybridized carbons (Fsp3) is 1.00. The molecule has 0 bridgehead atoms. The van der Waals surface area contributed by atoms with Crippen LogP contribution in [0.15, 0.2) is 0 Å². The highest BCUT2D eigenvalue weighted by Crippen LogP contribution is 2.22. The van der Waals surface area contributed by atoms with Gasteiger partial charge in [0.25, 0.3) is 0 Å². The molecule has 0 saturated heterocycles. The molecule has 0 aliphatic heterocycles.